The molecule has 1 fully saturated rings. The number of halogens is 1. The van der Waals surface area contributed by atoms with Crippen molar-refractivity contribution in [3.8, 4) is 11.3 Å². The monoisotopic (exact) mass is 419 g/mol. The number of nitrogens with zero attached hydrogens (tertiary/aromatic N) is 1. The summed E-state index contributed by atoms with van der Waals surface area (Å²) in [5, 5.41) is 8.65. The molecule has 0 aliphatic carbocycles. The van der Waals surface area contributed by atoms with E-state index in [1.54, 1.807) is 36.4 Å². The normalized spacial score (nSPS) is 15.6. The molecular weight excluding hydrogens is 401 g/mol. The van der Waals surface area contributed by atoms with Gasteiger partial charge in [0.25, 0.3) is 5.91 Å². The number of benzene rings is 1. The topological polar surface area (TPSA) is 70.8 Å². The Morgan fingerprint density at radius 1 is 1.21 bits per heavy atom. The predicted molar refractivity (Wildman–Crippen MR) is 110 cm³/mol. The largest absolute Gasteiger partial charge is 0.481 e. The van der Waals surface area contributed by atoms with Crippen LogP contribution in [-0.4, -0.2) is 32.7 Å². The summed E-state index contributed by atoms with van der Waals surface area (Å²) in [6.07, 6.45) is 3.71. The van der Waals surface area contributed by atoms with Gasteiger partial charge in [-0.05, 0) is 37.1 Å². The number of amides is 1. The van der Waals surface area contributed by atoms with Crippen LogP contribution in [0.2, 0.25) is 0 Å². The summed E-state index contributed by atoms with van der Waals surface area (Å²) in [5.74, 6) is -0.560. The number of rotatable bonds is 8. The van der Waals surface area contributed by atoms with E-state index >= 15 is 0 Å². The Kier molecular flexibility index (Phi) is 6.64. The van der Waals surface area contributed by atoms with Crippen molar-refractivity contribution >= 4 is 46.3 Å². The van der Waals surface area contributed by atoms with Crippen molar-refractivity contribution in [3.05, 3.63) is 52.9 Å². The van der Waals surface area contributed by atoms with E-state index in [9.17, 15) is 14.0 Å². The Morgan fingerprint density at radius 3 is 2.75 bits per heavy atom. The van der Waals surface area contributed by atoms with E-state index in [0.717, 1.165) is 0 Å². The van der Waals surface area contributed by atoms with Gasteiger partial charge in [0.15, 0.2) is 0 Å². The molecule has 0 atom stereocenters. The molecule has 0 radical (unpaired) electrons. The molecule has 146 valence electrons. The maximum absolute atomic E-state index is 13.9. The van der Waals surface area contributed by atoms with Gasteiger partial charge in [0.1, 0.15) is 21.7 Å². The summed E-state index contributed by atoms with van der Waals surface area (Å²) in [6.45, 7) is 0.459. The molecule has 1 saturated heterocycles. The molecule has 8 heteroatoms. The van der Waals surface area contributed by atoms with Gasteiger partial charge in [0.05, 0.1) is 10.5 Å². The Balaban J connectivity index is 1.64. The van der Waals surface area contributed by atoms with Crippen LogP contribution in [0.15, 0.2) is 45.7 Å². The molecule has 0 unspecified atom stereocenters. The number of carboxylic acids is 1. The van der Waals surface area contributed by atoms with Crippen LogP contribution in [0, 0.1) is 5.82 Å². The SMILES string of the molecule is O=C(O)CCCCCN1C(=O)/C(=C/c2ccc(-c3ccccc3F)o2)SC1=S. The van der Waals surface area contributed by atoms with Gasteiger partial charge in [-0.25, -0.2) is 4.39 Å². The lowest BCUT2D eigenvalue weighted by molar-refractivity contribution is -0.137. The first-order chi connectivity index (χ1) is 13.5. The number of aliphatic carboxylic acids is 1. The third-order valence-corrected chi connectivity index (χ3v) is 5.56. The summed E-state index contributed by atoms with van der Waals surface area (Å²) in [4.78, 5) is 25.1. The Morgan fingerprint density at radius 2 is 2.00 bits per heavy atom. The Labute approximate surface area is 171 Å². The molecule has 1 aromatic heterocycles. The van der Waals surface area contributed by atoms with Crippen LogP contribution >= 0.6 is 24.0 Å². The molecule has 1 N–H and O–H groups in total. The van der Waals surface area contributed by atoms with Crippen LogP contribution in [0.1, 0.15) is 31.4 Å². The average Bonchev–Trinajstić information content (AvgIpc) is 3.21. The summed E-state index contributed by atoms with van der Waals surface area (Å²) < 4.78 is 20.0. The third-order valence-electron chi connectivity index (χ3n) is 4.19. The van der Waals surface area contributed by atoms with Crippen LogP contribution in [0.3, 0.4) is 0 Å². The minimum Gasteiger partial charge on any atom is -0.481 e. The van der Waals surface area contributed by atoms with Gasteiger partial charge in [0, 0.05) is 19.0 Å². The van der Waals surface area contributed by atoms with Gasteiger partial charge < -0.3 is 9.52 Å². The number of hydrogen-bond donors (Lipinski definition) is 1. The first-order valence-electron chi connectivity index (χ1n) is 8.77. The smallest absolute Gasteiger partial charge is 0.303 e. The lowest BCUT2D eigenvalue weighted by Gasteiger charge is -2.13. The van der Waals surface area contributed by atoms with Crippen molar-refractivity contribution < 1.29 is 23.5 Å². The molecule has 3 rings (SSSR count). The van der Waals surface area contributed by atoms with E-state index in [2.05, 4.69) is 0 Å². The maximum Gasteiger partial charge on any atom is 0.303 e. The van der Waals surface area contributed by atoms with E-state index in [4.69, 9.17) is 21.7 Å². The average molecular weight is 419 g/mol. The zero-order chi connectivity index (χ0) is 20.1. The first kappa shape index (κ1) is 20.3. The number of carbonyl (C=O) groups excluding carboxylic acids is 1. The number of carboxylic acid groups (broad SMARTS) is 1. The highest BCUT2D eigenvalue weighted by Crippen LogP contribution is 2.34. The standard InChI is InChI=1S/C20H18FNO4S2/c21-15-7-4-3-6-14(15)16-10-9-13(26-16)12-17-19(25)22(20(27)28-17)11-5-1-2-8-18(23)24/h3-4,6-7,9-10,12H,1-2,5,8,11H2,(H,23,24)/b17-12-. The lowest BCUT2D eigenvalue weighted by atomic mass is 10.1. The molecule has 0 bridgehead atoms. The van der Waals surface area contributed by atoms with E-state index < -0.39 is 5.97 Å². The summed E-state index contributed by atoms with van der Waals surface area (Å²) in [5.41, 5.74) is 0.357. The van der Waals surface area contributed by atoms with Crippen LogP contribution in [-0.2, 0) is 9.59 Å². The van der Waals surface area contributed by atoms with Crippen molar-refractivity contribution in [2.45, 2.75) is 25.7 Å². The third kappa shape index (κ3) is 4.88. The van der Waals surface area contributed by atoms with Crippen molar-refractivity contribution in [1.82, 2.24) is 4.90 Å². The Hall–Kier alpha value is -2.45. The van der Waals surface area contributed by atoms with Crippen LogP contribution in [0.4, 0.5) is 4.39 Å². The first-order valence-corrected chi connectivity index (χ1v) is 10.00. The number of unbranched alkanes of at least 4 members (excludes halogenated alkanes) is 2. The van der Waals surface area contributed by atoms with E-state index in [-0.39, 0.29) is 18.1 Å². The molecule has 28 heavy (non-hydrogen) atoms. The highest BCUT2D eigenvalue weighted by Gasteiger charge is 2.31. The number of furan rings is 1. The molecule has 2 aromatic rings. The fraction of sp³-hybridized carbons (Fsp3) is 0.250. The fourth-order valence-corrected chi connectivity index (χ4v) is 4.07. The number of thiocarbonyl (C=S) groups is 1. The fourth-order valence-electron chi connectivity index (χ4n) is 2.78. The molecule has 5 nitrogen and oxygen atoms in total. The second-order valence-corrected chi connectivity index (χ2v) is 7.90. The van der Waals surface area contributed by atoms with E-state index in [0.29, 0.717) is 52.1 Å². The molecule has 1 aliphatic rings. The zero-order valence-electron chi connectivity index (χ0n) is 14.9. The highest BCUT2D eigenvalue weighted by atomic mass is 32.2. The van der Waals surface area contributed by atoms with Crippen molar-refractivity contribution in [3.63, 3.8) is 0 Å². The zero-order valence-corrected chi connectivity index (χ0v) is 16.5. The van der Waals surface area contributed by atoms with Gasteiger partial charge in [-0.15, -0.1) is 0 Å². The predicted octanol–water partition coefficient (Wildman–Crippen LogP) is 4.93. The van der Waals surface area contributed by atoms with Gasteiger partial charge >= 0.3 is 5.97 Å². The van der Waals surface area contributed by atoms with E-state index in [1.165, 1.54) is 22.7 Å². The van der Waals surface area contributed by atoms with Crippen LogP contribution in [0.25, 0.3) is 17.4 Å². The molecule has 2 heterocycles. The quantitative estimate of drug-likeness (QED) is 0.372. The maximum atomic E-state index is 13.9. The minimum absolute atomic E-state index is 0.126. The van der Waals surface area contributed by atoms with Gasteiger partial charge in [-0.3, -0.25) is 14.5 Å². The summed E-state index contributed by atoms with van der Waals surface area (Å²) in [7, 11) is 0. The van der Waals surface area contributed by atoms with E-state index in [1.807, 2.05) is 0 Å². The number of hydrogen-bond acceptors (Lipinski definition) is 5. The summed E-state index contributed by atoms with van der Waals surface area (Å²) >= 11 is 6.48. The van der Waals surface area contributed by atoms with Crippen LogP contribution in [0.5, 0.6) is 0 Å². The molecule has 0 spiro atoms. The molecule has 1 aliphatic heterocycles. The van der Waals surface area contributed by atoms with Crippen molar-refractivity contribution in [2.75, 3.05) is 6.54 Å². The molecular formula is C20H18FNO4S2. The second-order valence-electron chi connectivity index (χ2n) is 6.22. The summed E-state index contributed by atoms with van der Waals surface area (Å²) in [6, 6.07) is 9.66. The number of carbonyl (C=O) groups is 2. The minimum atomic E-state index is -0.818. The number of thioether (sulfide) groups is 1. The lowest BCUT2D eigenvalue weighted by Crippen LogP contribution is -2.29. The van der Waals surface area contributed by atoms with Gasteiger partial charge in [-0.2, -0.15) is 0 Å². The molecule has 0 saturated carbocycles. The highest BCUT2D eigenvalue weighted by molar-refractivity contribution is 8.26. The van der Waals surface area contributed by atoms with Crippen molar-refractivity contribution in [1.29, 1.82) is 0 Å². The van der Waals surface area contributed by atoms with Crippen molar-refractivity contribution in [2.24, 2.45) is 0 Å². The second kappa shape index (κ2) is 9.16. The molecule has 1 amide bonds. The van der Waals surface area contributed by atoms with Gasteiger partial charge in [0.2, 0.25) is 0 Å². The Bertz CT molecular complexity index is 938. The molecule has 1 aromatic carbocycles. The van der Waals surface area contributed by atoms with Crippen LogP contribution < -0.4 is 0 Å². The van der Waals surface area contributed by atoms with Gasteiger partial charge in [-0.1, -0.05) is 42.5 Å².